The van der Waals surface area contributed by atoms with Gasteiger partial charge >= 0.3 is 22.4 Å². The van der Waals surface area contributed by atoms with Gasteiger partial charge in [0.2, 0.25) is 0 Å². The Morgan fingerprint density at radius 3 is 2.71 bits per heavy atom. The Bertz CT molecular complexity index is 656. The Balaban J connectivity index is 0.00000144. The van der Waals surface area contributed by atoms with E-state index in [0.717, 1.165) is 0 Å². The molecule has 0 saturated carbocycles. The summed E-state index contributed by atoms with van der Waals surface area (Å²) in [5, 5.41) is 10.4. The number of nitrogens with zero attached hydrogens (tertiary/aromatic N) is 3. The van der Waals surface area contributed by atoms with E-state index < -0.39 is 15.0 Å². The number of fused-ring (bicyclic) bond motifs is 1. The normalized spacial score (nSPS) is 11.2. The van der Waals surface area contributed by atoms with Gasteiger partial charge in [-0.15, -0.1) is 0 Å². The first-order valence-electron chi connectivity index (χ1n) is 3.95. The van der Waals surface area contributed by atoms with Crippen LogP contribution in [0.25, 0.3) is 11.0 Å². The molecular weight excluding hydrogens is 365 g/mol. The van der Waals surface area contributed by atoms with Crippen molar-refractivity contribution in [3.8, 4) is 5.75 Å². The molecule has 0 aliphatic carbocycles. The smallest absolute Gasteiger partial charge is 0.494 e. The van der Waals surface area contributed by atoms with Gasteiger partial charge in [-0.3, -0.25) is 9.77 Å². The number of hydrogen-bond donors (Lipinski definition) is 1. The average molecular weight is 371 g/mol. The van der Waals surface area contributed by atoms with Gasteiger partial charge in [0.15, 0.2) is 5.75 Å². The maximum absolute atomic E-state index is 11.2. The van der Waals surface area contributed by atoms with Crippen molar-refractivity contribution in [1.29, 1.82) is 0 Å². The minimum atomic E-state index is -4.52. The van der Waals surface area contributed by atoms with E-state index in [0.29, 0.717) is 0 Å². The first-order chi connectivity index (χ1) is 7.45. The van der Waals surface area contributed by atoms with Crippen LogP contribution in [0.5, 0.6) is 5.75 Å². The second kappa shape index (κ2) is 4.93. The van der Waals surface area contributed by atoms with E-state index >= 15 is 0 Å². The molecular formula is C7H5AgClN3O4S. The van der Waals surface area contributed by atoms with Crippen LogP contribution in [-0.2, 0) is 32.5 Å². The first-order valence-corrected chi connectivity index (χ1v) is 5.76. The van der Waals surface area contributed by atoms with Gasteiger partial charge < -0.3 is 14.9 Å². The topological polar surface area (TPSA) is 103 Å². The van der Waals surface area contributed by atoms with E-state index in [-0.39, 0.29) is 44.2 Å². The Morgan fingerprint density at radius 1 is 1.53 bits per heavy atom. The summed E-state index contributed by atoms with van der Waals surface area (Å²) in [5.41, 5.74) is 0.0853. The zero-order valence-electron chi connectivity index (χ0n) is 8.18. The van der Waals surface area contributed by atoms with Gasteiger partial charge in [-0.05, 0) is 11.6 Å². The number of benzene rings is 1. The Morgan fingerprint density at radius 2 is 2.18 bits per heavy atom. The number of halogens is 1. The van der Waals surface area contributed by atoms with Gasteiger partial charge in [-0.25, -0.2) is 0 Å². The summed E-state index contributed by atoms with van der Waals surface area (Å²) in [4.78, 5) is -0.525. The van der Waals surface area contributed by atoms with Crippen molar-refractivity contribution >= 4 is 32.8 Å². The minimum absolute atomic E-state index is 0. The molecule has 10 heteroatoms. The molecule has 1 aromatic carbocycles. The van der Waals surface area contributed by atoms with E-state index in [1.165, 1.54) is 13.2 Å². The van der Waals surface area contributed by atoms with Crippen LogP contribution in [0.2, 0.25) is 5.02 Å². The van der Waals surface area contributed by atoms with E-state index in [9.17, 15) is 8.42 Å². The minimum Gasteiger partial charge on any atom is -0.494 e. The summed E-state index contributed by atoms with van der Waals surface area (Å²) in [6.07, 6.45) is 0. The summed E-state index contributed by atoms with van der Waals surface area (Å²) >= 11 is 5.78. The molecule has 0 radical (unpaired) electrons. The van der Waals surface area contributed by atoms with Crippen LogP contribution in [0.3, 0.4) is 0 Å². The third-order valence-electron chi connectivity index (χ3n) is 1.90. The fourth-order valence-corrected chi connectivity index (χ4v) is 2.45. The van der Waals surface area contributed by atoms with Crippen LogP contribution in [0, 0.1) is 0 Å². The van der Waals surface area contributed by atoms with Gasteiger partial charge in [0.25, 0.3) is 10.1 Å². The molecule has 0 saturated heterocycles. The predicted molar refractivity (Wildman–Crippen MR) is 54.2 cm³/mol. The van der Waals surface area contributed by atoms with Crippen molar-refractivity contribution in [2.45, 2.75) is 4.90 Å². The van der Waals surface area contributed by atoms with Crippen LogP contribution < -0.4 is 9.84 Å². The molecule has 1 N–H and O–H groups in total. The van der Waals surface area contributed by atoms with Crippen molar-refractivity contribution in [3.05, 3.63) is 11.1 Å². The maximum Gasteiger partial charge on any atom is 1.00 e. The van der Waals surface area contributed by atoms with Crippen LogP contribution in [0.4, 0.5) is 0 Å². The summed E-state index contributed by atoms with van der Waals surface area (Å²) in [5.74, 6) is -0.182. The Labute approximate surface area is 117 Å². The molecule has 2 aromatic rings. The van der Waals surface area contributed by atoms with E-state index in [1.807, 2.05) is 0 Å². The van der Waals surface area contributed by atoms with Crippen molar-refractivity contribution in [2.75, 3.05) is 7.11 Å². The summed E-state index contributed by atoms with van der Waals surface area (Å²) < 4.78 is 36.3. The molecule has 17 heavy (non-hydrogen) atoms. The van der Waals surface area contributed by atoms with Crippen molar-refractivity contribution in [3.63, 3.8) is 0 Å². The zero-order chi connectivity index (χ0) is 11.9. The Hall–Kier alpha value is -0.640. The molecule has 0 bridgehead atoms. The number of aromatic nitrogens is 3. The summed E-state index contributed by atoms with van der Waals surface area (Å²) in [6.45, 7) is 0. The molecule has 0 spiro atoms. The second-order valence-corrected chi connectivity index (χ2v) is 4.62. The number of methoxy groups -OCH3 is 1. The van der Waals surface area contributed by atoms with Crippen molar-refractivity contribution in [2.24, 2.45) is 0 Å². The fourth-order valence-electron chi connectivity index (χ4n) is 1.30. The summed E-state index contributed by atoms with van der Waals surface area (Å²) in [7, 11) is -3.29. The van der Waals surface area contributed by atoms with Gasteiger partial charge in [0.1, 0.15) is 4.90 Å². The predicted octanol–water partition coefficient (Wildman–Crippen LogP) is 0.493. The maximum atomic E-state index is 11.2. The quantitative estimate of drug-likeness (QED) is 0.606. The SMILES string of the molecule is COc1c(Cl)cc2[n-]nnc2c1S(=O)(=O)O.[Ag+]. The van der Waals surface area contributed by atoms with Crippen molar-refractivity contribution < 1.29 is 40.1 Å². The third-order valence-corrected chi connectivity index (χ3v) is 3.08. The van der Waals surface area contributed by atoms with Gasteiger partial charge in [0.05, 0.1) is 12.1 Å². The van der Waals surface area contributed by atoms with Gasteiger partial charge in [0, 0.05) is 5.52 Å². The van der Waals surface area contributed by atoms with Crippen LogP contribution in [-0.4, -0.2) is 30.4 Å². The molecule has 0 aliphatic rings. The van der Waals surface area contributed by atoms with E-state index in [2.05, 4.69) is 15.4 Å². The molecule has 0 atom stereocenters. The largest absolute Gasteiger partial charge is 1.00 e. The van der Waals surface area contributed by atoms with Gasteiger partial charge in [-0.2, -0.15) is 8.42 Å². The van der Waals surface area contributed by atoms with Crippen LogP contribution >= 0.6 is 11.6 Å². The molecule has 0 unspecified atom stereocenters. The zero-order valence-corrected chi connectivity index (χ0v) is 11.2. The molecule has 0 amide bonds. The molecule has 1 heterocycles. The van der Waals surface area contributed by atoms with Crippen molar-refractivity contribution in [1.82, 2.24) is 15.4 Å². The summed E-state index contributed by atoms with van der Waals surface area (Å²) in [6, 6.07) is 1.35. The molecule has 0 aliphatic heterocycles. The molecule has 2 rings (SSSR count). The van der Waals surface area contributed by atoms with E-state index in [4.69, 9.17) is 20.9 Å². The number of hydrogen-bond acceptors (Lipinski definition) is 5. The molecule has 96 valence electrons. The fraction of sp³-hybridized carbons (Fsp3) is 0.143. The monoisotopic (exact) mass is 369 g/mol. The average Bonchev–Trinajstić information content (AvgIpc) is 2.60. The molecule has 1 aromatic heterocycles. The van der Waals surface area contributed by atoms with Gasteiger partial charge in [-0.1, -0.05) is 11.6 Å². The molecule has 7 nitrogen and oxygen atoms in total. The van der Waals surface area contributed by atoms with Crippen LogP contribution in [0.15, 0.2) is 11.0 Å². The number of ether oxygens (including phenoxy) is 1. The third kappa shape index (κ3) is 2.46. The standard InChI is InChI=1S/C7H5ClN3O4S.Ag/c1-15-6-3(8)2-4-5(10-11-9-4)7(6)16(12,13)14;/h2H,1H3,(H-,9,10,11,12,13,14);/q-1;+1. The van der Waals surface area contributed by atoms with Crippen LogP contribution in [0.1, 0.15) is 0 Å². The second-order valence-electron chi connectivity index (χ2n) is 2.85. The van der Waals surface area contributed by atoms with E-state index in [1.54, 1.807) is 0 Å². The molecule has 0 fully saturated rings. The Kier molecular flexibility index (Phi) is 4.18. The first kappa shape index (κ1) is 14.4. The number of rotatable bonds is 2.